The van der Waals surface area contributed by atoms with Gasteiger partial charge in [-0.15, -0.1) is 0 Å². The quantitative estimate of drug-likeness (QED) is 0.673. The van der Waals surface area contributed by atoms with Crippen LogP contribution in [0.1, 0.15) is 36.7 Å². The molecule has 0 aliphatic heterocycles. The van der Waals surface area contributed by atoms with Gasteiger partial charge in [0, 0.05) is 19.1 Å². The van der Waals surface area contributed by atoms with Gasteiger partial charge in [-0.05, 0) is 49.2 Å². The third kappa shape index (κ3) is 5.55. The Balaban J connectivity index is 2.19. The van der Waals surface area contributed by atoms with E-state index in [4.69, 9.17) is 4.74 Å². The second-order valence-corrected chi connectivity index (χ2v) is 8.60. The van der Waals surface area contributed by atoms with Gasteiger partial charge >= 0.3 is 0 Å². The molecule has 8 heteroatoms. The second kappa shape index (κ2) is 9.84. The van der Waals surface area contributed by atoms with Gasteiger partial charge < -0.3 is 10.1 Å². The van der Waals surface area contributed by atoms with E-state index in [1.54, 1.807) is 27.9 Å². The van der Waals surface area contributed by atoms with Crippen LogP contribution in [0.3, 0.4) is 0 Å². The highest BCUT2D eigenvalue weighted by atomic mass is 32.2. The van der Waals surface area contributed by atoms with E-state index in [1.165, 1.54) is 10.4 Å². The average Bonchev–Trinajstić information content (AvgIpc) is 2.68. The summed E-state index contributed by atoms with van der Waals surface area (Å²) in [7, 11) is -2.21. The minimum Gasteiger partial charge on any atom is -0.497 e. The van der Waals surface area contributed by atoms with Crippen molar-refractivity contribution < 1.29 is 22.3 Å². The van der Waals surface area contributed by atoms with Gasteiger partial charge in [0.25, 0.3) is 5.91 Å². The zero-order valence-electron chi connectivity index (χ0n) is 17.1. The van der Waals surface area contributed by atoms with E-state index in [1.807, 2.05) is 24.3 Å². The van der Waals surface area contributed by atoms with Gasteiger partial charge in [-0.3, -0.25) is 4.79 Å². The molecule has 0 aromatic heterocycles. The van der Waals surface area contributed by atoms with Crippen molar-refractivity contribution >= 4 is 15.9 Å². The van der Waals surface area contributed by atoms with Crippen LogP contribution >= 0.6 is 0 Å². The van der Waals surface area contributed by atoms with Gasteiger partial charge in [-0.1, -0.05) is 26.0 Å². The number of carbonyl (C=O) groups excluding carboxylic acids is 1. The van der Waals surface area contributed by atoms with Crippen LogP contribution in [-0.4, -0.2) is 44.9 Å². The summed E-state index contributed by atoms with van der Waals surface area (Å²) < 4.78 is 46.0. The molecule has 1 N–H and O–H groups in total. The standard InChI is InChI=1S/C21H27FN2O4S/c1-5-24(6-2)29(26,27)18-10-11-20(22)19(14-18)21(25)23-15(3)12-16-8-7-9-17(13-16)28-4/h7-11,13-15H,5-6,12H2,1-4H3,(H,23,25). The zero-order chi connectivity index (χ0) is 21.6. The number of rotatable bonds is 9. The number of hydrogen-bond acceptors (Lipinski definition) is 4. The van der Waals surface area contributed by atoms with Crippen molar-refractivity contribution in [2.24, 2.45) is 0 Å². The molecule has 2 rings (SSSR count). The van der Waals surface area contributed by atoms with Crippen molar-refractivity contribution in [1.82, 2.24) is 9.62 Å². The first-order valence-corrected chi connectivity index (χ1v) is 10.9. The van der Waals surface area contributed by atoms with Gasteiger partial charge in [-0.25, -0.2) is 12.8 Å². The maximum atomic E-state index is 14.3. The Hall–Kier alpha value is -2.45. The first-order chi connectivity index (χ1) is 13.7. The van der Waals surface area contributed by atoms with E-state index >= 15 is 0 Å². The number of sulfonamides is 1. The number of amides is 1. The van der Waals surface area contributed by atoms with Crippen molar-refractivity contribution in [2.75, 3.05) is 20.2 Å². The van der Waals surface area contributed by atoms with Crippen LogP contribution in [-0.2, 0) is 16.4 Å². The largest absolute Gasteiger partial charge is 0.497 e. The van der Waals surface area contributed by atoms with Crippen LogP contribution in [0.2, 0.25) is 0 Å². The van der Waals surface area contributed by atoms with Crippen LogP contribution in [0.4, 0.5) is 4.39 Å². The number of halogens is 1. The molecule has 0 aliphatic rings. The first-order valence-electron chi connectivity index (χ1n) is 9.46. The first kappa shape index (κ1) is 22.8. The molecule has 0 spiro atoms. The van der Waals surface area contributed by atoms with E-state index in [2.05, 4.69) is 5.32 Å². The average molecular weight is 423 g/mol. The highest BCUT2D eigenvalue weighted by molar-refractivity contribution is 7.89. The summed E-state index contributed by atoms with van der Waals surface area (Å²) >= 11 is 0. The minimum atomic E-state index is -3.79. The summed E-state index contributed by atoms with van der Waals surface area (Å²) in [5.41, 5.74) is 0.659. The highest BCUT2D eigenvalue weighted by Crippen LogP contribution is 2.20. The van der Waals surface area contributed by atoms with E-state index < -0.39 is 21.7 Å². The predicted molar refractivity (Wildman–Crippen MR) is 110 cm³/mol. The summed E-state index contributed by atoms with van der Waals surface area (Å²) in [6.07, 6.45) is 0.516. The number of ether oxygens (including phenoxy) is 1. The van der Waals surface area contributed by atoms with Crippen molar-refractivity contribution in [2.45, 2.75) is 38.1 Å². The summed E-state index contributed by atoms with van der Waals surface area (Å²) in [6, 6.07) is 10.4. The lowest BCUT2D eigenvalue weighted by atomic mass is 10.1. The lowest BCUT2D eigenvalue weighted by Gasteiger charge is -2.19. The smallest absolute Gasteiger partial charge is 0.254 e. The Morgan fingerprint density at radius 3 is 2.48 bits per heavy atom. The maximum absolute atomic E-state index is 14.3. The minimum absolute atomic E-state index is 0.104. The third-order valence-electron chi connectivity index (χ3n) is 4.58. The Kier molecular flexibility index (Phi) is 7.75. The molecule has 29 heavy (non-hydrogen) atoms. The molecule has 6 nitrogen and oxygen atoms in total. The fraction of sp³-hybridized carbons (Fsp3) is 0.381. The van der Waals surface area contributed by atoms with Gasteiger partial charge in [0.1, 0.15) is 11.6 Å². The Morgan fingerprint density at radius 2 is 1.86 bits per heavy atom. The summed E-state index contributed by atoms with van der Waals surface area (Å²) in [5.74, 6) is -0.717. The van der Waals surface area contributed by atoms with Crippen molar-refractivity contribution in [3.05, 3.63) is 59.4 Å². The van der Waals surface area contributed by atoms with Gasteiger partial charge in [0.05, 0.1) is 17.6 Å². The van der Waals surface area contributed by atoms with Crippen molar-refractivity contribution in [3.8, 4) is 5.75 Å². The maximum Gasteiger partial charge on any atom is 0.254 e. The van der Waals surface area contributed by atoms with E-state index in [9.17, 15) is 17.6 Å². The molecule has 1 amide bonds. The number of nitrogens with zero attached hydrogens (tertiary/aromatic N) is 1. The number of methoxy groups -OCH3 is 1. The molecular formula is C21H27FN2O4S. The fourth-order valence-corrected chi connectivity index (χ4v) is 4.54. The van der Waals surface area contributed by atoms with Crippen molar-refractivity contribution in [3.63, 3.8) is 0 Å². The number of carbonyl (C=O) groups is 1. The molecule has 2 aromatic rings. The molecule has 2 aromatic carbocycles. The molecule has 0 aliphatic carbocycles. The van der Waals surface area contributed by atoms with E-state index in [0.717, 1.165) is 17.7 Å². The highest BCUT2D eigenvalue weighted by Gasteiger charge is 2.24. The van der Waals surface area contributed by atoms with Gasteiger partial charge in [-0.2, -0.15) is 4.31 Å². The van der Waals surface area contributed by atoms with Crippen LogP contribution in [0.5, 0.6) is 5.75 Å². The number of benzene rings is 2. The second-order valence-electron chi connectivity index (χ2n) is 6.66. The summed E-state index contributed by atoms with van der Waals surface area (Å²) in [4.78, 5) is 12.5. The normalized spacial score (nSPS) is 12.6. The molecular weight excluding hydrogens is 395 g/mol. The molecule has 1 atom stereocenters. The molecule has 0 fully saturated rings. The number of nitrogens with one attached hydrogen (secondary N) is 1. The Bertz CT molecular complexity index is 959. The molecule has 0 saturated heterocycles. The van der Waals surface area contributed by atoms with Gasteiger partial charge in [0.2, 0.25) is 10.0 Å². The topological polar surface area (TPSA) is 75.7 Å². The van der Waals surface area contributed by atoms with Gasteiger partial charge in [0.15, 0.2) is 0 Å². The lowest BCUT2D eigenvalue weighted by Crippen LogP contribution is -2.35. The molecule has 1 unspecified atom stereocenters. The molecule has 0 saturated carbocycles. The predicted octanol–water partition coefficient (Wildman–Crippen LogP) is 3.23. The van der Waals surface area contributed by atoms with Crippen LogP contribution in [0, 0.1) is 5.82 Å². The third-order valence-corrected chi connectivity index (χ3v) is 6.63. The zero-order valence-corrected chi connectivity index (χ0v) is 17.9. The van der Waals surface area contributed by atoms with Crippen LogP contribution in [0.25, 0.3) is 0 Å². The Labute approximate surface area is 171 Å². The molecule has 0 heterocycles. The SMILES string of the molecule is CCN(CC)S(=O)(=O)c1ccc(F)c(C(=O)NC(C)Cc2cccc(OC)c2)c1. The molecule has 158 valence electrons. The summed E-state index contributed by atoms with van der Waals surface area (Å²) in [5, 5.41) is 2.73. The van der Waals surface area contributed by atoms with Crippen LogP contribution < -0.4 is 10.1 Å². The van der Waals surface area contributed by atoms with Crippen LogP contribution in [0.15, 0.2) is 47.4 Å². The lowest BCUT2D eigenvalue weighted by molar-refractivity contribution is 0.0936. The van der Waals surface area contributed by atoms with E-state index in [-0.39, 0.29) is 29.6 Å². The Morgan fingerprint density at radius 1 is 1.17 bits per heavy atom. The molecule has 0 bridgehead atoms. The monoisotopic (exact) mass is 422 g/mol. The molecule has 0 radical (unpaired) electrons. The fourth-order valence-electron chi connectivity index (χ4n) is 3.06. The van der Waals surface area contributed by atoms with E-state index in [0.29, 0.717) is 12.2 Å². The number of hydrogen-bond donors (Lipinski definition) is 1. The van der Waals surface area contributed by atoms with Crippen molar-refractivity contribution in [1.29, 1.82) is 0 Å². The summed E-state index contributed by atoms with van der Waals surface area (Å²) in [6.45, 7) is 5.81.